The summed E-state index contributed by atoms with van der Waals surface area (Å²) in [6.45, 7) is 3.57. The molecule has 0 bridgehead atoms. The number of ether oxygens (including phenoxy) is 1. The van der Waals surface area contributed by atoms with Crippen LogP contribution in [0.5, 0.6) is 0 Å². The first kappa shape index (κ1) is 21.3. The minimum absolute atomic E-state index is 0.157. The van der Waals surface area contributed by atoms with Gasteiger partial charge in [-0.2, -0.15) is 5.26 Å². The number of rotatable bonds is 7. The summed E-state index contributed by atoms with van der Waals surface area (Å²) in [5.41, 5.74) is 2.80. The fourth-order valence-electron chi connectivity index (χ4n) is 2.83. The van der Waals surface area contributed by atoms with Crippen molar-refractivity contribution in [2.75, 3.05) is 24.3 Å². The van der Waals surface area contributed by atoms with E-state index in [9.17, 15) is 13.8 Å². The van der Waals surface area contributed by atoms with Gasteiger partial charge in [-0.1, -0.05) is 18.2 Å². The number of nitriles is 1. The molecule has 7 heteroatoms. The molecule has 1 atom stereocenters. The van der Waals surface area contributed by atoms with E-state index < -0.39 is 29.3 Å². The van der Waals surface area contributed by atoms with Gasteiger partial charge in [-0.15, -0.1) is 0 Å². The van der Waals surface area contributed by atoms with Crippen LogP contribution in [-0.4, -0.2) is 35.5 Å². The predicted octanol–water partition coefficient (Wildman–Crippen LogP) is 3.14. The van der Waals surface area contributed by atoms with E-state index in [1.54, 1.807) is 18.2 Å². The van der Waals surface area contributed by atoms with Crippen LogP contribution in [-0.2, 0) is 20.3 Å². The standard InChI is InChI=1S/C21H22N2O4S/c1-15-11-16(2)13-17(12-15)23(10-6-9-22)20(24)14-27-21(25)18-7-4-5-8-19(18)28(3)26/h4-5,7-8,11-13H,6,10,14H2,1-3H3/t28-/m1/s1. The zero-order valence-corrected chi connectivity index (χ0v) is 16.9. The van der Waals surface area contributed by atoms with Crippen molar-refractivity contribution in [3.8, 4) is 6.07 Å². The van der Waals surface area contributed by atoms with Gasteiger partial charge < -0.3 is 9.64 Å². The molecule has 2 aromatic carbocycles. The van der Waals surface area contributed by atoms with Gasteiger partial charge in [0.05, 0.1) is 33.7 Å². The highest BCUT2D eigenvalue weighted by atomic mass is 32.2. The van der Waals surface area contributed by atoms with Crippen molar-refractivity contribution in [1.82, 2.24) is 0 Å². The fourth-order valence-corrected chi connectivity index (χ4v) is 3.57. The Hall–Kier alpha value is -2.98. The van der Waals surface area contributed by atoms with Crippen LogP contribution in [0.15, 0.2) is 47.4 Å². The van der Waals surface area contributed by atoms with Crippen LogP contribution in [0.4, 0.5) is 5.69 Å². The molecule has 146 valence electrons. The zero-order chi connectivity index (χ0) is 20.7. The predicted molar refractivity (Wildman–Crippen MR) is 108 cm³/mol. The lowest BCUT2D eigenvalue weighted by molar-refractivity contribution is -0.121. The average Bonchev–Trinajstić information content (AvgIpc) is 2.65. The van der Waals surface area contributed by atoms with Gasteiger partial charge in [0.1, 0.15) is 0 Å². The molecule has 0 heterocycles. The smallest absolute Gasteiger partial charge is 0.339 e. The minimum atomic E-state index is -1.36. The molecule has 0 radical (unpaired) electrons. The van der Waals surface area contributed by atoms with Gasteiger partial charge >= 0.3 is 5.97 Å². The van der Waals surface area contributed by atoms with Gasteiger partial charge in [0.2, 0.25) is 0 Å². The number of hydrogen-bond donors (Lipinski definition) is 0. The Balaban J connectivity index is 2.17. The first-order chi connectivity index (χ1) is 13.3. The maximum Gasteiger partial charge on any atom is 0.339 e. The second-order valence-corrected chi connectivity index (χ2v) is 7.67. The van der Waals surface area contributed by atoms with Crippen LogP contribution in [0.3, 0.4) is 0 Å². The Morgan fingerprint density at radius 3 is 2.39 bits per heavy atom. The van der Waals surface area contributed by atoms with E-state index in [0.717, 1.165) is 11.1 Å². The van der Waals surface area contributed by atoms with Gasteiger partial charge in [0.25, 0.3) is 5.91 Å². The summed E-state index contributed by atoms with van der Waals surface area (Å²) in [4.78, 5) is 26.9. The Labute approximate surface area is 167 Å². The lowest BCUT2D eigenvalue weighted by atomic mass is 10.1. The normalized spacial score (nSPS) is 11.4. The number of carbonyl (C=O) groups excluding carboxylic acids is 2. The topological polar surface area (TPSA) is 87.5 Å². The lowest BCUT2D eigenvalue weighted by Gasteiger charge is -2.22. The molecule has 0 spiro atoms. The largest absolute Gasteiger partial charge is 0.452 e. The van der Waals surface area contributed by atoms with Crippen molar-refractivity contribution in [2.24, 2.45) is 0 Å². The lowest BCUT2D eigenvalue weighted by Crippen LogP contribution is -2.35. The molecule has 0 unspecified atom stereocenters. The van der Waals surface area contributed by atoms with Crippen molar-refractivity contribution < 1.29 is 18.5 Å². The molecule has 0 N–H and O–H groups in total. The highest BCUT2D eigenvalue weighted by molar-refractivity contribution is 7.84. The highest BCUT2D eigenvalue weighted by Gasteiger charge is 2.20. The minimum Gasteiger partial charge on any atom is -0.452 e. The molecule has 0 aliphatic carbocycles. The first-order valence-electron chi connectivity index (χ1n) is 8.68. The van der Waals surface area contributed by atoms with E-state index in [0.29, 0.717) is 10.6 Å². The number of anilines is 1. The molecule has 2 rings (SSSR count). The molecule has 2 aromatic rings. The first-order valence-corrected chi connectivity index (χ1v) is 10.2. The van der Waals surface area contributed by atoms with Crippen molar-refractivity contribution in [3.63, 3.8) is 0 Å². The van der Waals surface area contributed by atoms with Crippen molar-refractivity contribution in [2.45, 2.75) is 25.2 Å². The molecule has 0 aliphatic rings. The van der Waals surface area contributed by atoms with E-state index in [1.807, 2.05) is 38.1 Å². The molecule has 0 fully saturated rings. The number of carbonyl (C=O) groups is 2. The van der Waals surface area contributed by atoms with Crippen molar-refractivity contribution in [3.05, 3.63) is 59.2 Å². The number of nitrogens with zero attached hydrogens (tertiary/aromatic N) is 2. The molecule has 28 heavy (non-hydrogen) atoms. The summed E-state index contributed by atoms with van der Waals surface area (Å²) in [7, 11) is -1.36. The van der Waals surface area contributed by atoms with Crippen LogP contribution in [0.25, 0.3) is 0 Å². The molecular formula is C21H22N2O4S. The average molecular weight is 398 g/mol. The molecule has 1 amide bonds. The summed E-state index contributed by atoms with van der Waals surface area (Å²) in [5.74, 6) is -1.14. The summed E-state index contributed by atoms with van der Waals surface area (Å²) < 4.78 is 17.0. The van der Waals surface area contributed by atoms with E-state index in [2.05, 4.69) is 0 Å². The third-order valence-corrected chi connectivity index (χ3v) is 4.99. The van der Waals surface area contributed by atoms with Crippen molar-refractivity contribution in [1.29, 1.82) is 5.26 Å². The van der Waals surface area contributed by atoms with E-state index in [4.69, 9.17) is 10.00 Å². The van der Waals surface area contributed by atoms with Gasteiger partial charge in [0.15, 0.2) is 6.61 Å². The van der Waals surface area contributed by atoms with Crippen molar-refractivity contribution >= 4 is 28.4 Å². The van der Waals surface area contributed by atoms with Gasteiger partial charge in [-0.05, 0) is 49.2 Å². The van der Waals surface area contributed by atoms with Crippen LogP contribution in [0, 0.1) is 25.2 Å². The molecule has 0 aromatic heterocycles. The molecule has 6 nitrogen and oxygen atoms in total. The molecule has 0 saturated carbocycles. The van der Waals surface area contributed by atoms with Crippen LogP contribution >= 0.6 is 0 Å². The Kier molecular flexibility index (Phi) is 7.47. The monoisotopic (exact) mass is 398 g/mol. The SMILES string of the molecule is Cc1cc(C)cc(N(CCC#N)C(=O)COC(=O)c2ccccc2[S@@](C)=O)c1. The third-order valence-electron chi connectivity index (χ3n) is 4.01. The zero-order valence-electron chi connectivity index (χ0n) is 16.1. The van der Waals surface area contributed by atoms with Gasteiger partial charge in [-0.3, -0.25) is 9.00 Å². The van der Waals surface area contributed by atoms with Crippen LogP contribution < -0.4 is 4.90 Å². The Morgan fingerprint density at radius 2 is 1.79 bits per heavy atom. The molecular weight excluding hydrogens is 376 g/mol. The number of esters is 1. The Bertz CT molecular complexity index is 929. The fraction of sp³-hybridized carbons (Fsp3) is 0.286. The molecule has 0 aliphatic heterocycles. The van der Waals surface area contributed by atoms with E-state index >= 15 is 0 Å². The third kappa shape index (κ3) is 5.51. The highest BCUT2D eigenvalue weighted by Crippen LogP contribution is 2.20. The number of hydrogen-bond acceptors (Lipinski definition) is 5. The number of benzene rings is 2. The number of amides is 1. The van der Waals surface area contributed by atoms with Crippen LogP contribution in [0.2, 0.25) is 0 Å². The Morgan fingerprint density at radius 1 is 1.14 bits per heavy atom. The number of aryl methyl sites for hydroxylation is 2. The maximum absolute atomic E-state index is 12.7. The summed E-state index contributed by atoms with van der Waals surface area (Å²) in [5, 5.41) is 8.90. The second kappa shape index (κ2) is 9.81. The molecule has 0 saturated heterocycles. The summed E-state index contributed by atoms with van der Waals surface area (Å²) >= 11 is 0. The second-order valence-electron chi connectivity index (χ2n) is 6.33. The summed E-state index contributed by atoms with van der Waals surface area (Å²) in [6, 6.07) is 14.1. The van der Waals surface area contributed by atoms with E-state index in [-0.39, 0.29) is 18.5 Å². The quantitative estimate of drug-likeness (QED) is 0.669. The summed E-state index contributed by atoms with van der Waals surface area (Å²) in [6.07, 6.45) is 1.63. The van der Waals surface area contributed by atoms with Crippen LogP contribution in [0.1, 0.15) is 27.9 Å². The van der Waals surface area contributed by atoms with Gasteiger partial charge in [-0.25, -0.2) is 4.79 Å². The van der Waals surface area contributed by atoms with Gasteiger partial charge in [0, 0.05) is 18.5 Å². The maximum atomic E-state index is 12.7. The van der Waals surface area contributed by atoms with E-state index in [1.165, 1.54) is 17.2 Å².